The monoisotopic (exact) mass is 535 g/mol. The van der Waals surface area contributed by atoms with Gasteiger partial charge in [-0.1, -0.05) is 0 Å². The number of hydrogen-bond donors (Lipinski definition) is 0. The first kappa shape index (κ1) is 29.4. The Labute approximate surface area is 208 Å². The van der Waals surface area contributed by atoms with E-state index < -0.39 is 66.7 Å². The van der Waals surface area contributed by atoms with Crippen LogP contribution < -0.4 is 4.74 Å². The van der Waals surface area contributed by atoms with Gasteiger partial charge in [-0.15, -0.1) is 0 Å². The van der Waals surface area contributed by atoms with Crippen molar-refractivity contribution in [3.8, 4) is 5.75 Å². The quantitative estimate of drug-likeness (QED) is 0.219. The third-order valence-electron chi connectivity index (χ3n) is 4.61. The predicted octanol–water partition coefficient (Wildman–Crippen LogP) is 2.00. The van der Waals surface area contributed by atoms with Crippen LogP contribution in [0.15, 0.2) is 29.3 Å². The summed E-state index contributed by atoms with van der Waals surface area (Å²) in [5.74, 6) is -5.74. The van der Waals surface area contributed by atoms with E-state index in [-0.39, 0.29) is 5.69 Å². The molecule has 0 bridgehead atoms. The molecule has 0 aliphatic carbocycles. The van der Waals surface area contributed by atoms with Crippen molar-refractivity contribution in [1.82, 2.24) is 0 Å². The molecule has 0 radical (unpaired) electrons. The molecule has 0 amide bonds. The molecule has 0 saturated carbocycles. The van der Waals surface area contributed by atoms with Gasteiger partial charge in [0.1, 0.15) is 5.75 Å². The normalized spacial score (nSPS) is 23.9. The average molecular weight is 535 g/mol. The molecule has 15 heteroatoms. The first-order valence-corrected chi connectivity index (χ1v) is 10.5. The number of benzene rings is 1. The van der Waals surface area contributed by atoms with Crippen LogP contribution in [-0.2, 0) is 47.6 Å². The molecule has 204 valence electrons. The van der Waals surface area contributed by atoms with Gasteiger partial charge in [0.15, 0.2) is 18.3 Å². The van der Waals surface area contributed by atoms with Gasteiger partial charge >= 0.3 is 30.1 Å². The Morgan fingerprint density at radius 2 is 1.32 bits per heavy atom. The Balaban J connectivity index is 2.59. The lowest BCUT2D eigenvalue weighted by molar-refractivity contribution is -0.288. The van der Waals surface area contributed by atoms with Gasteiger partial charge in [-0.2, -0.15) is 13.2 Å². The maximum absolute atomic E-state index is 13.9. The van der Waals surface area contributed by atoms with Crippen LogP contribution in [0, 0.1) is 0 Å². The molecule has 1 saturated heterocycles. The largest absolute Gasteiger partial charge is 0.497 e. The second kappa shape index (κ2) is 12.4. The number of hydrogen-bond acceptors (Lipinski definition) is 12. The van der Waals surface area contributed by atoms with Crippen LogP contribution in [-0.4, -0.2) is 80.9 Å². The Morgan fingerprint density at radius 1 is 0.811 bits per heavy atom. The van der Waals surface area contributed by atoms with Crippen LogP contribution in [0.4, 0.5) is 18.9 Å². The van der Waals surface area contributed by atoms with Gasteiger partial charge in [-0.05, 0) is 24.3 Å². The molecule has 1 aromatic carbocycles. The second-order valence-corrected chi connectivity index (χ2v) is 7.40. The molecule has 0 spiro atoms. The SMILES string of the molecule is COC(=O)C1O[C@@H](OC(=Nc2ccc(OC)cc2)C(F)(F)F)C(OC(C)=O)C(OC(C)=O)[C@@H]1OC(C)=O. The molecule has 1 aliphatic rings. The number of rotatable bonds is 7. The topological polar surface area (TPSA) is 145 Å². The lowest BCUT2D eigenvalue weighted by Crippen LogP contribution is -2.64. The fraction of sp³-hybridized carbons (Fsp3) is 0.500. The minimum absolute atomic E-state index is 0.202. The first-order chi connectivity index (χ1) is 17.3. The molecule has 0 aromatic heterocycles. The summed E-state index contributed by atoms with van der Waals surface area (Å²) in [4.78, 5) is 51.1. The van der Waals surface area contributed by atoms with Crippen molar-refractivity contribution in [3.63, 3.8) is 0 Å². The molecule has 37 heavy (non-hydrogen) atoms. The Morgan fingerprint density at radius 3 is 1.78 bits per heavy atom. The van der Waals surface area contributed by atoms with Crippen LogP contribution in [0.5, 0.6) is 5.75 Å². The summed E-state index contributed by atoms with van der Waals surface area (Å²) < 4.78 is 76.7. The number of nitrogens with zero attached hydrogens (tertiary/aromatic N) is 1. The fourth-order valence-electron chi connectivity index (χ4n) is 3.22. The van der Waals surface area contributed by atoms with E-state index in [1.54, 1.807) is 0 Å². The number of ether oxygens (including phenoxy) is 7. The van der Waals surface area contributed by atoms with Gasteiger partial charge in [0.05, 0.1) is 19.9 Å². The number of carbonyl (C=O) groups is 4. The number of aliphatic imine (C=N–C) groups is 1. The van der Waals surface area contributed by atoms with Crippen molar-refractivity contribution in [3.05, 3.63) is 24.3 Å². The molecule has 2 rings (SSSR count). The van der Waals surface area contributed by atoms with Gasteiger partial charge in [-0.3, -0.25) is 14.4 Å². The predicted molar refractivity (Wildman–Crippen MR) is 115 cm³/mol. The summed E-state index contributed by atoms with van der Waals surface area (Å²) in [7, 11) is 2.29. The van der Waals surface area contributed by atoms with Crippen molar-refractivity contribution in [2.75, 3.05) is 14.2 Å². The van der Waals surface area contributed by atoms with E-state index in [1.807, 2.05) is 0 Å². The number of carbonyl (C=O) groups excluding carboxylic acids is 4. The number of methoxy groups -OCH3 is 2. The summed E-state index contributed by atoms with van der Waals surface area (Å²) in [6.07, 6.45) is -14.9. The summed E-state index contributed by atoms with van der Waals surface area (Å²) in [6.45, 7) is 2.79. The van der Waals surface area contributed by atoms with Crippen LogP contribution in [0.25, 0.3) is 0 Å². The van der Waals surface area contributed by atoms with E-state index in [2.05, 4.69) is 9.73 Å². The summed E-state index contributed by atoms with van der Waals surface area (Å²) in [6, 6.07) is 5.10. The van der Waals surface area contributed by atoms with E-state index in [0.717, 1.165) is 27.9 Å². The van der Waals surface area contributed by atoms with Crippen molar-refractivity contribution in [2.24, 2.45) is 4.99 Å². The van der Waals surface area contributed by atoms with E-state index in [9.17, 15) is 32.3 Å². The Hall–Kier alpha value is -3.88. The lowest BCUT2D eigenvalue weighted by atomic mass is 9.97. The molecule has 5 atom stereocenters. The number of esters is 4. The zero-order valence-corrected chi connectivity index (χ0v) is 20.3. The van der Waals surface area contributed by atoms with Gasteiger partial charge < -0.3 is 33.2 Å². The molecular formula is C22H24F3NO11. The van der Waals surface area contributed by atoms with Crippen LogP contribution >= 0.6 is 0 Å². The fourth-order valence-corrected chi connectivity index (χ4v) is 3.22. The minimum atomic E-state index is -5.20. The van der Waals surface area contributed by atoms with Crippen LogP contribution in [0.3, 0.4) is 0 Å². The van der Waals surface area contributed by atoms with Crippen molar-refractivity contribution in [1.29, 1.82) is 0 Å². The highest BCUT2D eigenvalue weighted by molar-refractivity contribution is 5.85. The summed E-state index contributed by atoms with van der Waals surface area (Å²) in [5.41, 5.74) is -0.202. The standard InChI is InChI=1S/C22H24F3NO11/c1-10(27)33-15-16(34-11(2)28)18(35-12(3)29)20(36-17(15)19(30)32-5)37-21(22(23,24)25)26-13-6-8-14(31-4)9-7-13/h6-9,15-18,20H,1-5H3/t15-,16?,17?,18?,20-/m0/s1. The van der Waals surface area contributed by atoms with Gasteiger partial charge in [0.25, 0.3) is 5.90 Å². The maximum Gasteiger partial charge on any atom is 0.468 e. The van der Waals surface area contributed by atoms with E-state index >= 15 is 0 Å². The highest BCUT2D eigenvalue weighted by atomic mass is 19.4. The average Bonchev–Trinajstić information content (AvgIpc) is 2.80. The third kappa shape index (κ3) is 8.06. The molecule has 12 nitrogen and oxygen atoms in total. The Bertz CT molecular complexity index is 1030. The van der Waals surface area contributed by atoms with Crippen LogP contribution in [0.2, 0.25) is 0 Å². The van der Waals surface area contributed by atoms with Gasteiger partial charge in [-0.25, -0.2) is 9.79 Å². The van der Waals surface area contributed by atoms with Gasteiger partial charge in [0.2, 0.25) is 12.4 Å². The highest BCUT2D eigenvalue weighted by Crippen LogP contribution is 2.33. The summed E-state index contributed by atoms with van der Waals surface area (Å²) in [5, 5.41) is 0. The van der Waals surface area contributed by atoms with Crippen LogP contribution in [0.1, 0.15) is 20.8 Å². The smallest absolute Gasteiger partial charge is 0.468 e. The summed E-state index contributed by atoms with van der Waals surface area (Å²) >= 11 is 0. The maximum atomic E-state index is 13.9. The van der Waals surface area contributed by atoms with Crippen molar-refractivity contribution >= 4 is 35.5 Å². The molecule has 1 aliphatic heterocycles. The molecule has 0 N–H and O–H groups in total. The molecule has 1 aromatic rings. The molecular weight excluding hydrogens is 511 g/mol. The Kier molecular flexibility index (Phi) is 9.82. The minimum Gasteiger partial charge on any atom is -0.497 e. The van der Waals surface area contributed by atoms with E-state index in [0.29, 0.717) is 5.75 Å². The van der Waals surface area contributed by atoms with E-state index in [4.69, 9.17) is 28.4 Å². The highest BCUT2D eigenvalue weighted by Gasteiger charge is 2.57. The lowest BCUT2D eigenvalue weighted by Gasteiger charge is -2.43. The molecule has 1 fully saturated rings. The van der Waals surface area contributed by atoms with Gasteiger partial charge in [0, 0.05) is 20.8 Å². The van der Waals surface area contributed by atoms with E-state index in [1.165, 1.54) is 31.4 Å². The van der Waals surface area contributed by atoms with Crippen molar-refractivity contribution < 1.29 is 65.5 Å². The molecule has 1 heterocycles. The number of alkyl halides is 3. The zero-order valence-electron chi connectivity index (χ0n) is 20.3. The number of halogens is 3. The van der Waals surface area contributed by atoms with Crippen molar-refractivity contribution in [2.45, 2.75) is 57.7 Å². The third-order valence-corrected chi connectivity index (χ3v) is 4.61. The second-order valence-electron chi connectivity index (χ2n) is 7.40. The first-order valence-electron chi connectivity index (χ1n) is 10.5. The zero-order chi connectivity index (χ0) is 27.9. The molecule has 3 unspecified atom stereocenters.